The molecule has 0 bridgehead atoms. The molecule has 1 unspecified atom stereocenters. The van der Waals surface area contributed by atoms with E-state index in [1.54, 1.807) is 13.2 Å². The Hall–Kier alpha value is -1.09. The quantitative estimate of drug-likeness (QED) is 0.928. The summed E-state index contributed by atoms with van der Waals surface area (Å²) in [5.41, 5.74) is 1.28. The highest BCUT2D eigenvalue weighted by Crippen LogP contribution is 2.25. The van der Waals surface area contributed by atoms with Crippen molar-refractivity contribution in [1.29, 1.82) is 5.26 Å². The topological polar surface area (TPSA) is 54.3 Å². The van der Waals surface area contributed by atoms with E-state index in [0.717, 1.165) is 23.2 Å². The van der Waals surface area contributed by atoms with E-state index < -0.39 is 0 Å². The molecule has 1 heterocycles. The number of hydrogen-bond acceptors (Lipinski definition) is 4. The highest BCUT2D eigenvalue weighted by Gasteiger charge is 2.34. The van der Waals surface area contributed by atoms with Crippen LogP contribution in [-0.2, 0) is 9.47 Å². The summed E-state index contributed by atoms with van der Waals surface area (Å²) >= 11 is 3.39. The van der Waals surface area contributed by atoms with Crippen molar-refractivity contribution in [2.24, 2.45) is 0 Å². The molecule has 18 heavy (non-hydrogen) atoms. The van der Waals surface area contributed by atoms with Crippen LogP contribution in [0.4, 0.5) is 5.69 Å². The summed E-state index contributed by atoms with van der Waals surface area (Å²) < 4.78 is 11.8. The Morgan fingerprint density at radius 2 is 2.39 bits per heavy atom. The highest BCUT2D eigenvalue weighted by atomic mass is 79.9. The molecule has 1 aliphatic rings. The van der Waals surface area contributed by atoms with Gasteiger partial charge in [0.25, 0.3) is 0 Å². The van der Waals surface area contributed by atoms with Crippen molar-refractivity contribution in [3.63, 3.8) is 0 Å². The van der Waals surface area contributed by atoms with Gasteiger partial charge in [-0.2, -0.15) is 5.26 Å². The molecule has 2 rings (SSSR count). The normalized spacial score (nSPS) is 22.7. The fourth-order valence-corrected chi connectivity index (χ4v) is 2.47. The standard InChI is InChI=1S/C13H15BrN2O2/c1-17-13(2-3-18-9-13)8-16-12-5-10(7-15)4-11(14)6-12/h4-6,16H,2-3,8-9H2,1H3. The summed E-state index contributed by atoms with van der Waals surface area (Å²) in [7, 11) is 1.71. The third-order valence-electron chi connectivity index (χ3n) is 3.14. The van der Waals surface area contributed by atoms with Crippen LogP contribution in [0.3, 0.4) is 0 Å². The van der Waals surface area contributed by atoms with Crippen molar-refractivity contribution in [2.45, 2.75) is 12.0 Å². The molecule has 0 aliphatic carbocycles. The summed E-state index contributed by atoms with van der Waals surface area (Å²) in [5, 5.41) is 12.2. The van der Waals surface area contributed by atoms with Crippen LogP contribution in [0.15, 0.2) is 22.7 Å². The number of methoxy groups -OCH3 is 1. The molecule has 0 radical (unpaired) electrons. The number of anilines is 1. The average Bonchev–Trinajstić information content (AvgIpc) is 2.85. The van der Waals surface area contributed by atoms with Gasteiger partial charge in [-0.05, 0) is 18.2 Å². The maximum Gasteiger partial charge on any atom is 0.110 e. The molecule has 5 heteroatoms. The first-order valence-corrected chi connectivity index (χ1v) is 6.54. The lowest BCUT2D eigenvalue weighted by Gasteiger charge is -2.26. The van der Waals surface area contributed by atoms with Gasteiger partial charge in [0.05, 0.1) is 18.2 Å². The number of ether oxygens (including phenoxy) is 2. The minimum Gasteiger partial charge on any atom is -0.382 e. The largest absolute Gasteiger partial charge is 0.382 e. The Kier molecular flexibility index (Phi) is 4.23. The lowest BCUT2D eigenvalue weighted by molar-refractivity contribution is -0.00619. The Bertz CT molecular complexity index is 465. The number of nitrogens with zero attached hydrogens (tertiary/aromatic N) is 1. The molecule has 1 aromatic rings. The van der Waals surface area contributed by atoms with Crippen molar-refractivity contribution < 1.29 is 9.47 Å². The molecule has 96 valence electrons. The van der Waals surface area contributed by atoms with Crippen LogP contribution in [0, 0.1) is 11.3 Å². The van der Waals surface area contributed by atoms with Crippen LogP contribution in [0.1, 0.15) is 12.0 Å². The van der Waals surface area contributed by atoms with E-state index in [9.17, 15) is 0 Å². The molecular formula is C13H15BrN2O2. The first-order valence-electron chi connectivity index (χ1n) is 5.75. The number of benzene rings is 1. The smallest absolute Gasteiger partial charge is 0.110 e. The van der Waals surface area contributed by atoms with Crippen LogP contribution >= 0.6 is 15.9 Å². The summed E-state index contributed by atoms with van der Waals surface area (Å²) in [4.78, 5) is 0. The molecule has 1 atom stereocenters. The zero-order chi connectivity index (χ0) is 13.0. The van der Waals surface area contributed by atoms with Gasteiger partial charge in [-0.3, -0.25) is 0 Å². The van der Waals surface area contributed by atoms with E-state index in [0.29, 0.717) is 18.7 Å². The molecule has 0 aromatic heterocycles. The van der Waals surface area contributed by atoms with Crippen molar-refractivity contribution in [2.75, 3.05) is 32.2 Å². The second-order valence-corrected chi connectivity index (χ2v) is 5.30. The maximum atomic E-state index is 8.92. The number of rotatable bonds is 4. The van der Waals surface area contributed by atoms with Gasteiger partial charge in [-0.15, -0.1) is 0 Å². The fraction of sp³-hybridized carbons (Fsp3) is 0.462. The Balaban J connectivity index is 2.06. The molecule has 0 saturated carbocycles. The van der Waals surface area contributed by atoms with E-state index >= 15 is 0 Å². The van der Waals surface area contributed by atoms with E-state index in [1.807, 2.05) is 12.1 Å². The zero-order valence-corrected chi connectivity index (χ0v) is 11.8. The molecule has 1 aromatic carbocycles. The lowest BCUT2D eigenvalue weighted by Crippen LogP contribution is -2.39. The fourth-order valence-electron chi connectivity index (χ4n) is 1.98. The zero-order valence-electron chi connectivity index (χ0n) is 10.2. The van der Waals surface area contributed by atoms with Crippen molar-refractivity contribution in [1.82, 2.24) is 0 Å². The summed E-state index contributed by atoms with van der Waals surface area (Å²) in [6.07, 6.45) is 0.885. The van der Waals surface area contributed by atoms with Gasteiger partial charge >= 0.3 is 0 Å². The second kappa shape index (κ2) is 5.70. The van der Waals surface area contributed by atoms with Gasteiger partial charge in [0.1, 0.15) is 5.60 Å². The summed E-state index contributed by atoms with van der Waals surface area (Å²) in [5.74, 6) is 0. The predicted octanol–water partition coefficient (Wildman–Crippen LogP) is 2.54. The van der Waals surface area contributed by atoms with E-state index in [2.05, 4.69) is 27.3 Å². The number of nitrogens with one attached hydrogen (secondary N) is 1. The van der Waals surface area contributed by atoms with Gasteiger partial charge < -0.3 is 14.8 Å². The van der Waals surface area contributed by atoms with Crippen LogP contribution < -0.4 is 5.32 Å². The number of hydrogen-bond donors (Lipinski definition) is 1. The molecule has 1 N–H and O–H groups in total. The van der Waals surface area contributed by atoms with Gasteiger partial charge in [0, 0.05) is 36.8 Å². The summed E-state index contributed by atoms with van der Waals surface area (Å²) in [6, 6.07) is 7.69. The molecule has 1 fully saturated rings. The minimum atomic E-state index is -0.255. The highest BCUT2D eigenvalue weighted by molar-refractivity contribution is 9.10. The third-order valence-corrected chi connectivity index (χ3v) is 3.60. The van der Waals surface area contributed by atoms with E-state index in [1.165, 1.54) is 0 Å². The van der Waals surface area contributed by atoms with Crippen LogP contribution in [-0.4, -0.2) is 32.5 Å². The van der Waals surface area contributed by atoms with Crippen LogP contribution in [0.2, 0.25) is 0 Å². The maximum absolute atomic E-state index is 8.92. The molecule has 4 nitrogen and oxygen atoms in total. The SMILES string of the molecule is COC1(CNc2cc(Br)cc(C#N)c2)CCOC1. The van der Waals surface area contributed by atoms with Crippen molar-refractivity contribution >= 4 is 21.6 Å². The molecule has 0 spiro atoms. The van der Waals surface area contributed by atoms with E-state index in [-0.39, 0.29) is 5.60 Å². The Morgan fingerprint density at radius 3 is 3.00 bits per heavy atom. The predicted molar refractivity (Wildman–Crippen MR) is 72.5 cm³/mol. The van der Waals surface area contributed by atoms with Crippen molar-refractivity contribution in [3.05, 3.63) is 28.2 Å². The third kappa shape index (κ3) is 3.02. The molecule has 1 saturated heterocycles. The minimum absolute atomic E-state index is 0.255. The Morgan fingerprint density at radius 1 is 1.56 bits per heavy atom. The first kappa shape index (κ1) is 13.3. The van der Waals surface area contributed by atoms with Gasteiger partial charge in [0.2, 0.25) is 0 Å². The monoisotopic (exact) mass is 310 g/mol. The average molecular weight is 311 g/mol. The molecule has 0 amide bonds. The molecule has 1 aliphatic heterocycles. The van der Waals surface area contributed by atoms with Gasteiger partial charge in [-0.25, -0.2) is 0 Å². The van der Waals surface area contributed by atoms with Crippen molar-refractivity contribution in [3.8, 4) is 6.07 Å². The van der Waals surface area contributed by atoms with E-state index in [4.69, 9.17) is 14.7 Å². The lowest BCUT2D eigenvalue weighted by atomic mass is 10.0. The second-order valence-electron chi connectivity index (χ2n) is 4.38. The Labute approximate surface area is 115 Å². The number of halogens is 1. The van der Waals surface area contributed by atoms with Crippen LogP contribution in [0.5, 0.6) is 0 Å². The molecular weight excluding hydrogens is 296 g/mol. The van der Waals surface area contributed by atoms with Gasteiger partial charge in [-0.1, -0.05) is 15.9 Å². The first-order chi connectivity index (χ1) is 8.67. The van der Waals surface area contributed by atoms with Gasteiger partial charge in [0.15, 0.2) is 0 Å². The summed E-state index contributed by atoms with van der Waals surface area (Å²) in [6.45, 7) is 2.01. The number of nitriles is 1. The van der Waals surface area contributed by atoms with Crippen LogP contribution in [0.25, 0.3) is 0 Å².